The van der Waals surface area contributed by atoms with E-state index in [1.54, 1.807) is 18.4 Å². The average molecular weight is 498 g/mol. The lowest BCUT2D eigenvalue weighted by Crippen LogP contribution is -2.36. The number of thiophene rings is 1. The van der Waals surface area contributed by atoms with E-state index in [9.17, 15) is 4.79 Å². The Bertz CT molecular complexity index is 790. The summed E-state index contributed by atoms with van der Waals surface area (Å²) in [7, 11) is 1.78. The third-order valence-corrected chi connectivity index (χ3v) is 5.55. The molecule has 1 saturated heterocycles. The minimum atomic E-state index is 0. The number of nitrogens with zero attached hydrogens (tertiary/aromatic N) is 2. The predicted molar refractivity (Wildman–Crippen MR) is 123 cm³/mol. The number of aliphatic imine (C=N–C) groups is 1. The minimum absolute atomic E-state index is 0. The van der Waals surface area contributed by atoms with Gasteiger partial charge in [0.05, 0.1) is 6.54 Å². The Balaban J connectivity index is 0.00000261. The number of rotatable bonds is 6. The van der Waals surface area contributed by atoms with Crippen molar-refractivity contribution in [2.75, 3.05) is 13.6 Å². The first-order valence-corrected chi connectivity index (χ1v) is 9.82. The zero-order chi connectivity index (χ0) is 18.4. The Morgan fingerprint density at radius 1 is 1.15 bits per heavy atom. The summed E-state index contributed by atoms with van der Waals surface area (Å²) in [6.45, 7) is 5.12. The van der Waals surface area contributed by atoms with Crippen molar-refractivity contribution < 1.29 is 4.79 Å². The fraction of sp³-hybridized carbons (Fsp3) is 0.400. The third-order valence-electron chi connectivity index (χ3n) is 4.55. The van der Waals surface area contributed by atoms with Crippen LogP contribution >= 0.6 is 35.3 Å². The van der Waals surface area contributed by atoms with Crippen molar-refractivity contribution in [3.05, 3.63) is 57.3 Å². The number of guanidine groups is 1. The van der Waals surface area contributed by atoms with Gasteiger partial charge in [0, 0.05) is 42.9 Å². The molecule has 1 aliphatic rings. The number of halogens is 1. The van der Waals surface area contributed by atoms with E-state index in [1.807, 2.05) is 17.0 Å². The van der Waals surface area contributed by atoms with Crippen LogP contribution in [-0.4, -0.2) is 30.4 Å². The summed E-state index contributed by atoms with van der Waals surface area (Å²) in [5, 5.41) is 6.73. The van der Waals surface area contributed by atoms with E-state index >= 15 is 0 Å². The number of aryl methyl sites for hydroxylation is 1. The van der Waals surface area contributed by atoms with E-state index < -0.39 is 0 Å². The highest BCUT2D eigenvalue weighted by Gasteiger charge is 2.20. The second-order valence-electron chi connectivity index (χ2n) is 6.48. The van der Waals surface area contributed by atoms with E-state index in [4.69, 9.17) is 0 Å². The number of benzene rings is 1. The van der Waals surface area contributed by atoms with Gasteiger partial charge in [-0.15, -0.1) is 35.3 Å². The molecule has 3 rings (SSSR count). The molecule has 1 aromatic carbocycles. The zero-order valence-electron chi connectivity index (χ0n) is 15.8. The van der Waals surface area contributed by atoms with Crippen molar-refractivity contribution >= 4 is 47.2 Å². The van der Waals surface area contributed by atoms with Gasteiger partial charge in [-0.25, -0.2) is 0 Å². The van der Waals surface area contributed by atoms with Crippen LogP contribution in [0, 0.1) is 6.92 Å². The second kappa shape index (κ2) is 10.7. The first-order valence-electron chi connectivity index (χ1n) is 9.00. The van der Waals surface area contributed by atoms with Crippen molar-refractivity contribution in [2.45, 2.75) is 39.4 Å². The SMILES string of the molecule is CN=C(NCc1ccc(C)s1)NCc1ccccc1CN1CCCC1=O.I. The summed E-state index contributed by atoms with van der Waals surface area (Å²) in [6, 6.07) is 12.6. The van der Waals surface area contributed by atoms with Crippen LogP contribution in [-0.2, 0) is 24.4 Å². The van der Waals surface area contributed by atoms with Crippen LogP contribution in [0.25, 0.3) is 0 Å². The molecule has 0 saturated carbocycles. The van der Waals surface area contributed by atoms with Crippen molar-refractivity contribution in [1.82, 2.24) is 15.5 Å². The Hall–Kier alpha value is -1.61. The molecular weight excluding hydrogens is 471 g/mol. The maximum absolute atomic E-state index is 11.9. The van der Waals surface area contributed by atoms with Crippen LogP contribution in [0.5, 0.6) is 0 Å². The van der Waals surface area contributed by atoms with E-state index in [2.05, 4.69) is 46.8 Å². The molecule has 0 spiro atoms. The zero-order valence-corrected chi connectivity index (χ0v) is 19.0. The van der Waals surface area contributed by atoms with Gasteiger partial charge in [-0.1, -0.05) is 24.3 Å². The first-order chi connectivity index (χ1) is 12.7. The lowest BCUT2D eigenvalue weighted by Gasteiger charge is -2.19. The van der Waals surface area contributed by atoms with Gasteiger partial charge in [0.15, 0.2) is 5.96 Å². The fourth-order valence-electron chi connectivity index (χ4n) is 3.11. The summed E-state index contributed by atoms with van der Waals surface area (Å²) in [5.74, 6) is 1.04. The van der Waals surface area contributed by atoms with E-state index in [0.29, 0.717) is 19.5 Å². The molecule has 1 aliphatic heterocycles. The number of carbonyl (C=O) groups excluding carboxylic acids is 1. The topological polar surface area (TPSA) is 56.7 Å². The quantitative estimate of drug-likeness (QED) is 0.363. The molecule has 2 aromatic rings. The number of carbonyl (C=O) groups is 1. The van der Waals surface area contributed by atoms with Crippen LogP contribution in [0.2, 0.25) is 0 Å². The maximum Gasteiger partial charge on any atom is 0.222 e. The molecule has 0 radical (unpaired) electrons. The second-order valence-corrected chi connectivity index (χ2v) is 7.85. The van der Waals surface area contributed by atoms with Gasteiger partial charge < -0.3 is 15.5 Å². The number of likely N-dealkylation sites (tertiary alicyclic amines) is 1. The maximum atomic E-state index is 11.9. The van der Waals surface area contributed by atoms with Gasteiger partial charge in [-0.05, 0) is 36.6 Å². The van der Waals surface area contributed by atoms with E-state index in [1.165, 1.54) is 20.9 Å². The lowest BCUT2D eigenvalue weighted by atomic mass is 10.1. The van der Waals surface area contributed by atoms with Crippen LogP contribution in [0.15, 0.2) is 41.4 Å². The number of amides is 1. The summed E-state index contributed by atoms with van der Waals surface area (Å²) in [5.41, 5.74) is 2.39. The fourth-order valence-corrected chi connectivity index (χ4v) is 3.94. The number of hydrogen-bond acceptors (Lipinski definition) is 3. The molecular formula is C20H27IN4OS. The average Bonchev–Trinajstić information content (AvgIpc) is 3.25. The number of nitrogens with one attached hydrogen (secondary N) is 2. The molecule has 5 nitrogen and oxygen atoms in total. The monoisotopic (exact) mass is 498 g/mol. The molecule has 2 N–H and O–H groups in total. The molecule has 0 atom stereocenters. The highest BCUT2D eigenvalue weighted by Crippen LogP contribution is 2.17. The smallest absolute Gasteiger partial charge is 0.222 e. The first kappa shape index (κ1) is 21.7. The lowest BCUT2D eigenvalue weighted by molar-refractivity contribution is -0.128. The Kier molecular flexibility index (Phi) is 8.56. The molecule has 1 aromatic heterocycles. The van der Waals surface area contributed by atoms with Gasteiger partial charge in [0.2, 0.25) is 5.91 Å². The molecule has 0 bridgehead atoms. The minimum Gasteiger partial charge on any atom is -0.352 e. The van der Waals surface area contributed by atoms with E-state index in [-0.39, 0.29) is 29.9 Å². The summed E-state index contributed by atoms with van der Waals surface area (Å²) >= 11 is 1.79. The van der Waals surface area contributed by atoms with E-state index in [0.717, 1.165) is 25.5 Å². The van der Waals surface area contributed by atoms with Gasteiger partial charge in [-0.2, -0.15) is 0 Å². The molecule has 1 amide bonds. The highest BCUT2D eigenvalue weighted by atomic mass is 127. The highest BCUT2D eigenvalue weighted by molar-refractivity contribution is 14.0. The molecule has 0 unspecified atom stereocenters. The van der Waals surface area contributed by atoms with Crippen molar-refractivity contribution in [3.63, 3.8) is 0 Å². The summed E-state index contributed by atoms with van der Waals surface area (Å²) < 4.78 is 0. The van der Waals surface area contributed by atoms with Crippen LogP contribution < -0.4 is 10.6 Å². The number of hydrogen-bond donors (Lipinski definition) is 2. The summed E-state index contributed by atoms with van der Waals surface area (Å²) in [6.07, 6.45) is 1.65. The molecule has 27 heavy (non-hydrogen) atoms. The standard InChI is InChI=1S/C20H26N4OS.HI/c1-15-9-10-18(26-15)13-23-20(21-2)22-12-16-6-3-4-7-17(16)14-24-11-5-8-19(24)25;/h3-4,6-7,9-10H,5,8,11-14H2,1-2H3,(H2,21,22,23);1H. The molecule has 1 fully saturated rings. The van der Waals surface area contributed by atoms with Crippen LogP contribution in [0.3, 0.4) is 0 Å². The molecule has 146 valence electrons. The molecule has 2 heterocycles. The van der Waals surface area contributed by atoms with Crippen molar-refractivity contribution in [1.29, 1.82) is 0 Å². The Morgan fingerprint density at radius 2 is 1.89 bits per heavy atom. The molecule has 0 aliphatic carbocycles. The van der Waals surface area contributed by atoms with Gasteiger partial charge >= 0.3 is 0 Å². The van der Waals surface area contributed by atoms with Crippen molar-refractivity contribution in [3.8, 4) is 0 Å². The third kappa shape index (κ3) is 6.21. The molecule has 7 heteroatoms. The normalized spacial score (nSPS) is 14.2. The predicted octanol–water partition coefficient (Wildman–Crippen LogP) is 3.66. The Labute approximate surface area is 182 Å². The Morgan fingerprint density at radius 3 is 2.52 bits per heavy atom. The van der Waals surface area contributed by atoms with Gasteiger partial charge in [-0.3, -0.25) is 9.79 Å². The van der Waals surface area contributed by atoms with Gasteiger partial charge in [0.25, 0.3) is 0 Å². The van der Waals surface area contributed by atoms with Crippen LogP contribution in [0.4, 0.5) is 0 Å². The van der Waals surface area contributed by atoms with Crippen molar-refractivity contribution in [2.24, 2.45) is 4.99 Å². The van der Waals surface area contributed by atoms with Gasteiger partial charge in [0.1, 0.15) is 0 Å². The summed E-state index contributed by atoms with van der Waals surface area (Å²) in [4.78, 5) is 20.8. The largest absolute Gasteiger partial charge is 0.352 e. The van der Waals surface area contributed by atoms with Crippen LogP contribution in [0.1, 0.15) is 33.7 Å².